The van der Waals surface area contributed by atoms with Crippen molar-refractivity contribution in [1.29, 1.82) is 0 Å². The first-order valence-electron chi connectivity index (χ1n) is 8.92. The van der Waals surface area contributed by atoms with E-state index < -0.39 is 24.2 Å². The Bertz CT molecular complexity index is 734. The van der Waals surface area contributed by atoms with E-state index in [-0.39, 0.29) is 5.57 Å². The molecule has 0 bridgehead atoms. The van der Waals surface area contributed by atoms with Crippen LogP contribution in [0.2, 0.25) is 0 Å². The number of rotatable bonds is 6. The largest absolute Gasteiger partial charge is 0.347 e. The molecule has 0 aromatic heterocycles. The summed E-state index contributed by atoms with van der Waals surface area (Å²) < 4.78 is 41.5. The van der Waals surface area contributed by atoms with Gasteiger partial charge in [-0.1, -0.05) is 44.4 Å². The van der Waals surface area contributed by atoms with E-state index in [4.69, 9.17) is 0 Å². The predicted molar refractivity (Wildman–Crippen MR) is 102 cm³/mol. The van der Waals surface area contributed by atoms with Gasteiger partial charge in [0.15, 0.2) is 5.83 Å². The maximum Gasteiger partial charge on any atom is 0.158 e. The lowest BCUT2D eigenvalue weighted by atomic mass is 9.94. The van der Waals surface area contributed by atoms with E-state index in [1.165, 1.54) is 6.08 Å². The van der Waals surface area contributed by atoms with Crippen LogP contribution in [-0.4, -0.2) is 18.1 Å². The molecule has 140 valence electrons. The van der Waals surface area contributed by atoms with E-state index in [1.54, 1.807) is 25.2 Å². The molecule has 4 heteroatoms. The van der Waals surface area contributed by atoms with Crippen molar-refractivity contribution in [2.24, 2.45) is 5.92 Å². The van der Waals surface area contributed by atoms with Gasteiger partial charge in [-0.25, -0.2) is 13.2 Å². The topological polar surface area (TPSA) is 3.24 Å². The van der Waals surface area contributed by atoms with Gasteiger partial charge in [0, 0.05) is 29.9 Å². The van der Waals surface area contributed by atoms with Crippen molar-refractivity contribution in [3.63, 3.8) is 0 Å². The molecule has 0 saturated carbocycles. The van der Waals surface area contributed by atoms with E-state index in [9.17, 15) is 13.2 Å². The Morgan fingerprint density at radius 1 is 1.31 bits per heavy atom. The maximum absolute atomic E-state index is 14.7. The zero-order chi connectivity index (χ0) is 19.3. The minimum atomic E-state index is -0.793. The Kier molecular flexibility index (Phi) is 6.90. The van der Waals surface area contributed by atoms with Crippen LogP contribution in [0.15, 0.2) is 83.3 Å². The van der Waals surface area contributed by atoms with E-state index in [0.29, 0.717) is 31.4 Å². The zero-order valence-corrected chi connectivity index (χ0v) is 15.5. The van der Waals surface area contributed by atoms with Crippen molar-refractivity contribution in [2.45, 2.75) is 33.1 Å². The van der Waals surface area contributed by atoms with E-state index >= 15 is 0 Å². The molecular formula is C22H26F3N. The van der Waals surface area contributed by atoms with Crippen molar-refractivity contribution in [2.75, 3.05) is 13.2 Å². The molecule has 0 aromatic rings. The molecule has 0 saturated heterocycles. The molecule has 0 amide bonds. The van der Waals surface area contributed by atoms with Crippen LogP contribution in [-0.2, 0) is 0 Å². The van der Waals surface area contributed by atoms with Gasteiger partial charge in [-0.05, 0) is 42.9 Å². The Morgan fingerprint density at radius 2 is 2.04 bits per heavy atom. The van der Waals surface area contributed by atoms with Gasteiger partial charge in [0.2, 0.25) is 0 Å². The fourth-order valence-corrected chi connectivity index (χ4v) is 3.33. The third-order valence-corrected chi connectivity index (χ3v) is 4.75. The second kappa shape index (κ2) is 8.93. The van der Waals surface area contributed by atoms with Crippen molar-refractivity contribution in [1.82, 2.24) is 4.90 Å². The zero-order valence-electron chi connectivity index (χ0n) is 15.5. The Morgan fingerprint density at radius 3 is 2.65 bits per heavy atom. The van der Waals surface area contributed by atoms with Gasteiger partial charge < -0.3 is 4.90 Å². The molecular weight excluding hydrogens is 335 g/mol. The molecule has 0 N–H and O–H groups in total. The van der Waals surface area contributed by atoms with Crippen molar-refractivity contribution >= 4 is 0 Å². The number of allylic oxidation sites excluding steroid dienone is 8. The van der Waals surface area contributed by atoms with Crippen molar-refractivity contribution < 1.29 is 13.2 Å². The van der Waals surface area contributed by atoms with Crippen LogP contribution in [0, 0.1) is 5.92 Å². The molecule has 1 aliphatic carbocycles. The minimum absolute atomic E-state index is 0.276. The molecule has 2 aliphatic rings. The van der Waals surface area contributed by atoms with Gasteiger partial charge in [0.1, 0.15) is 12.5 Å². The fourth-order valence-electron chi connectivity index (χ4n) is 3.33. The Labute approximate surface area is 154 Å². The highest BCUT2D eigenvalue weighted by atomic mass is 19.2. The molecule has 1 nitrogen and oxygen atoms in total. The predicted octanol–water partition coefficient (Wildman–Crippen LogP) is 6.62. The Balaban J connectivity index is 2.57. The number of nitrogens with zero attached hydrogens (tertiary/aromatic N) is 1. The number of alkyl halides is 1. The number of hydrogen-bond donors (Lipinski definition) is 0. The molecule has 1 aliphatic heterocycles. The summed E-state index contributed by atoms with van der Waals surface area (Å²) in [6, 6.07) is 0. The monoisotopic (exact) mass is 361 g/mol. The van der Waals surface area contributed by atoms with Crippen LogP contribution in [0.1, 0.15) is 33.1 Å². The van der Waals surface area contributed by atoms with E-state index in [0.717, 1.165) is 16.8 Å². The van der Waals surface area contributed by atoms with Crippen molar-refractivity contribution in [3.05, 3.63) is 83.3 Å². The summed E-state index contributed by atoms with van der Waals surface area (Å²) in [6.07, 6.45) is 10.3. The Hall–Kier alpha value is -2.23. The van der Waals surface area contributed by atoms with Gasteiger partial charge in [-0.3, -0.25) is 0 Å². The summed E-state index contributed by atoms with van der Waals surface area (Å²) in [5.41, 5.74) is 3.37. The molecule has 1 atom stereocenters. The highest BCUT2D eigenvalue weighted by Crippen LogP contribution is 2.41. The smallest absolute Gasteiger partial charge is 0.158 e. The van der Waals surface area contributed by atoms with Crippen LogP contribution in [0.5, 0.6) is 0 Å². The second-order valence-electron chi connectivity index (χ2n) is 6.52. The van der Waals surface area contributed by atoms with Crippen LogP contribution >= 0.6 is 0 Å². The first-order chi connectivity index (χ1) is 12.4. The van der Waals surface area contributed by atoms with Gasteiger partial charge in [-0.15, -0.1) is 0 Å². The standard InChI is InChI=1S/C22H26F3N/c1-5-17-12-15(3)20-16(4)21(24)22(25)18(6-2)13-19(20)26(14-17)11-9-7-8-10-23/h5,7-8,13-14,18H,1,3,6,9-12H2,2,4H3/b8-7-. The summed E-state index contributed by atoms with van der Waals surface area (Å²) in [7, 11) is 0. The van der Waals surface area contributed by atoms with Crippen LogP contribution in [0.25, 0.3) is 0 Å². The number of halogens is 3. The summed E-state index contributed by atoms with van der Waals surface area (Å²) in [5.74, 6) is -2.14. The van der Waals surface area contributed by atoms with Crippen molar-refractivity contribution in [3.8, 4) is 0 Å². The summed E-state index contributed by atoms with van der Waals surface area (Å²) in [6.45, 7) is 11.5. The lowest BCUT2D eigenvalue weighted by molar-refractivity contribution is 0.452. The highest BCUT2D eigenvalue weighted by Gasteiger charge is 2.30. The van der Waals surface area contributed by atoms with Gasteiger partial charge in [-0.2, -0.15) is 0 Å². The van der Waals surface area contributed by atoms with Crippen LogP contribution in [0.3, 0.4) is 0 Å². The van der Waals surface area contributed by atoms with Gasteiger partial charge >= 0.3 is 0 Å². The molecule has 0 spiro atoms. The summed E-state index contributed by atoms with van der Waals surface area (Å²) in [4.78, 5) is 1.98. The molecule has 0 aromatic carbocycles. The normalized spacial score (nSPS) is 21.5. The highest BCUT2D eigenvalue weighted by molar-refractivity contribution is 5.58. The number of fused-ring (bicyclic) bond motifs is 1. The lowest BCUT2D eigenvalue weighted by Crippen LogP contribution is -2.20. The third-order valence-electron chi connectivity index (χ3n) is 4.75. The lowest BCUT2D eigenvalue weighted by Gasteiger charge is -2.25. The quantitative estimate of drug-likeness (QED) is 0.480. The molecule has 1 unspecified atom stereocenters. The molecule has 26 heavy (non-hydrogen) atoms. The van der Waals surface area contributed by atoms with E-state index in [2.05, 4.69) is 13.2 Å². The first kappa shape index (κ1) is 20.1. The average molecular weight is 361 g/mol. The third kappa shape index (κ3) is 4.12. The SMILES string of the molecule is C=CC1=CN(CC/C=C\CF)C2=CC(CC)C(F)=C(F)C(C)=C2C(=C)C1. The summed E-state index contributed by atoms with van der Waals surface area (Å²) in [5, 5.41) is 0. The second-order valence-corrected chi connectivity index (χ2v) is 6.52. The molecule has 2 rings (SSSR count). The van der Waals surface area contributed by atoms with Gasteiger partial charge in [0.05, 0.1) is 0 Å². The van der Waals surface area contributed by atoms with Crippen LogP contribution < -0.4 is 0 Å². The fraction of sp³-hybridized carbons (Fsp3) is 0.364. The molecule has 0 fully saturated rings. The minimum Gasteiger partial charge on any atom is -0.347 e. The number of hydrogen-bond acceptors (Lipinski definition) is 1. The first-order valence-corrected chi connectivity index (χ1v) is 8.92. The maximum atomic E-state index is 14.7. The molecule has 0 radical (unpaired) electrons. The van der Waals surface area contributed by atoms with Crippen LogP contribution in [0.4, 0.5) is 13.2 Å². The van der Waals surface area contributed by atoms with Gasteiger partial charge in [0.25, 0.3) is 0 Å². The molecule has 1 heterocycles. The van der Waals surface area contributed by atoms with E-state index in [1.807, 2.05) is 18.0 Å². The summed E-state index contributed by atoms with van der Waals surface area (Å²) >= 11 is 0. The average Bonchev–Trinajstić information content (AvgIpc) is 2.82.